The van der Waals surface area contributed by atoms with Crippen molar-refractivity contribution in [2.45, 2.75) is 84.8 Å². The van der Waals surface area contributed by atoms with Gasteiger partial charge in [0.05, 0.1) is 0 Å². The van der Waals surface area contributed by atoms with E-state index in [2.05, 4.69) is 33.0 Å². The Morgan fingerprint density at radius 2 is 1.75 bits per heavy atom. The second-order valence-corrected chi connectivity index (χ2v) is 6.21. The zero-order chi connectivity index (χ0) is 15.3. The summed E-state index contributed by atoms with van der Waals surface area (Å²) in [6, 6.07) is -0.436. The molecule has 20 heavy (non-hydrogen) atoms. The van der Waals surface area contributed by atoms with E-state index in [4.69, 9.17) is 0 Å². The van der Waals surface area contributed by atoms with Crippen molar-refractivity contribution < 1.29 is 9.59 Å². The summed E-state index contributed by atoms with van der Waals surface area (Å²) in [4.78, 5) is 27.0. The quantitative estimate of drug-likeness (QED) is 0.780. The van der Waals surface area contributed by atoms with Crippen LogP contribution in [0.25, 0.3) is 0 Å². The van der Waals surface area contributed by atoms with Gasteiger partial charge < -0.3 is 10.2 Å². The number of amides is 2. The molecule has 1 saturated heterocycles. The molecule has 0 spiro atoms. The zero-order valence-electron chi connectivity index (χ0n) is 13.6. The monoisotopic (exact) mass is 282 g/mol. The first-order valence-corrected chi connectivity index (χ1v) is 8.08. The molecule has 2 unspecified atom stereocenters. The van der Waals surface area contributed by atoms with E-state index < -0.39 is 0 Å². The molecule has 1 N–H and O–H groups in total. The van der Waals surface area contributed by atoms with Gasteiger partial charge in [-0.3, -0.25) is 9.59 Å². The van der Waals surface area contributed by atoms with Crippen LogP contribution in [0.15, 0.2) is 0 Å². The third-order valence-electron chi connectivity index (χ3n) is 4.12. The first-order chi connectivity index (χ1) is 9.46. The molecule has 2 atom stereocenters. The first kappa shape index (κ1) is 17.0. The minimum atomic E-state index is -0.323. The minimum absolute atomic E-state index is 0.0312. The molecule has 0 aromatic carbocycles. The lowest BCUT2D eigenvalue weighted by Gasteiger charge is -2.43. The largest absolute Gasteiger partial charge is 0.343 e. The van der Waals surface area contributed by atoms with Crippen LogP contribution in [0.2, 0.25) is 0 Å². The maximum atomic E-state index is 12.7. The lowest BCUT2D eigenvalue weighted by atomic mass is 9.93. The Bertz CT molecular complexity index is 337. The SMILES string of the molecule is CCCC1NC(=O)C(CC(C)C)N(C(CC)CC)C1=O. The number of piperazine rings is 1. The Kier molecular flexibility index (Phi) is 6.50. The number of hydrogen-bond acceptors (Lipinski definition) is 2. The molecule has 0 aromatic heterocycles. The molecule has 2 amide bonds. The Hall–Kier alpha value is -1.06. The van der Waals surface area contributed by atoms with Gasteiger partial charge in [0.2, 0.25) is 11.8 Å². The van der Waals surface area contributed by atoms with Crippen molar-refractivity contribution in [1.29, 1.82) is 0 Å². The van der Waals surface area contributed by atoms with Gasteiger partial charge in [0.1, 0.15) is 12.1 Å². The fourth-order valence-corrected chi connectivity index (χ4v) is 3.06. The fraction of sp³-hybridized carbons (Fsp3) is 0.875. The van der Waals surface area contributed by atoms with Gasteiger partial charge in [-0.25, -0.2) is 0 Å². The van der Waals surface area contributed by atoms with Gasteiger partial charge >= 0.3 is 0 Å². The summed E-state index contributed by atoms with van der Waals surface area (Å²) in [6.45, 7) is 10.4. The predicted octanol–water partition coefficient (Wildman–Crippen LogP) is 2.72. The van der Waals surface area contributed by atoms with E-state index in [9.17, 15) is 9.59 Å². The van der Waals surface area contributed by atoms with Crippen LogP contribution >= 0.6 is 0 Å². The van der Waals surface area contributed by atoms with Gasteiger partial charge in [0.25, 0.3) is 0 Å². The van der Waals surface area contributed by atoms with Crippen LogP contribution in [0.4, 0.5) is 0 Å². The van der Waals surface area contributed by atoms with Gasteiger partial charge in [-0.15, -0.1) is 0 Å². The predicted molar refractivity (Wildman–Crippen MR) is 81.3 cm³/mol. The maximum absolute atomic E-state index is 12.7. The molecule has 116 valence electrons. The number of carbonyl (C=O) groups excluding carboxylic acids is 2. The van der Waals surface area contributed by atoms with Gasteiger partial charge in [-0.1, -0.05) is 41.0 Å². The second-order valence-electron chi connectivity index (χ2n) is 6.21. The number of hydrogen-bond donors (Lipinski definition) is 1. The Morgan fingerprint density at radius 3 is 2.20 bits per heavy atom. The van der Waals surface area contributed by atoms with E-state index in [1.54, 1.807) is 0 Å². The maximum Gasteiger partial charge on any atom is 0.246 e. The van der Waals surface area contributed by atoms with Crippen molar-refractivity contribution in [3.05, 3.63) is 0 Å². The van der Waals surface area contributed by atoms with E-state index >= 15 is 0 Å². The smallest absolute Gasteiger partial charge is 0.246 e. The van der Waals surface area contributed by atoms with Crippen molar-refractivity contribution in [2.75, 3.05) is 0 Å². The summed E-state index contributed by atoms with van der Waals surface area (Å²) in [7, 11) is 0. The lowest BCUT2D eigenvalue weighted by Crippen LogP contribution is -2.65. The third-order valence-corrected chi connectivity index (χ3v) is 4.12. The fourth-order valence-electron chi connectivity index (χ4n) is 3.06. The highest BCUT2D eigenvalue weighted by Crippen LogP contribution is 2.24. The molecule has 0 bridgehead atoms. The molecule has 0 saturated carbocycles. The number of carbonyl (C=O) groups is 2. The van der Waals surface area contributed by atoms with Gasteiger partial charge in [0, 0.05) is 6.04 Å². The van der Waals surface area contributed by atoms with E-state index in [1.165, 1.54) is 0 Å². The van der Waals surface area contributed by atoms with Crippen LogP contribution in [0.5, 0.6) is 0 Å². The third kappa shape index (κ3) is 3.74. The molecule has 0 aromatic rings. The van der Waals surface area contributed by atoms with Gasteiger partial charge in [-0.05, 0) is 31.6 Å². The highest BCUT2D eigenvalue weighted by Gasteiger charge is 2.42. The van der Waals surface area contributed by atoms with E-state index in [0.29, 0.717) is 5.92 Å². The molecule has 1 aliphatic heterocycles. The van der Waals surface area contributed by atoms with Crippen LogP contribution in [0.1, 0.15) is 66.7 Å². The summed E-state index contributed by atoms with van der Waals surface area (Å²) in [6.07, 6.45) is 4.19. The first-order valence-electron chi connectivity index (χ1n) is 8.08. The normalized spacial score (nSPS) is 23.6. The number of nitrogens with zero attached hydrogens (tertiary/aromatic N) is 1. The highest BCUT2D eigenvalue weighted by atomic mass is 16.2. The van der Waals surface area contributed by atoms with Crippen molar-refractivity contribution in [3.8, 4) is 0 Å². The van der Waals surface area contributed by atoms with E-state index in [-0.39, 0.29) is 29.9 Å². The average Bonchev–Trinajstić information content (AvgIpc) is 2.39. The number of nitrogens with one attached hydrogen (secondary N) is 1. The number of rotatable bonds is 7. The Balaban J connectivity index is 3.02. The zero-order valence-corrected chi connectivity index (χ0v) is 13.6. The standard InChI is InChI=1S/C16H30N2O2/c1-6-9-13-16(20)18(12(7-2)8-3)14(10-11(4)5)15(19)17-13/h11-14H,6-10H2,1-5H3,(H,17,19). The molecule has 0 radical (unpaired) electrons. The molecule has 1 fully saturated rings. The van der Waals surface area contributed by atoms with Crippen molar-refractivity contribution >= 4 is 11.8 Å². The van der Waals surface area contributed by atoms with Crippen molar-refractivity contribution in [3.63, 3.8) is 0 Å². The molecule has 0 aliphatic carbocycles. The molecule has 1 heterocycles. The molecule has 4 nitrogen and oxygen atoms in total. The van der Waals surface area contributed by atoms with Crippen molar-refractivity contribution in [2.24, 2.45) is 5.92 Å². The van der Waals surface area contributed by atoms with Crippen LogP contribution in [0, 0.1) is 5.92 Å². The van der Waals surface area contributed by atoms with Gasteiger partial charge in [0.15, 0.2) is 0 Å². The Morgan fingerprint density at radius 1 is 1.15 bits per heavy atom. The van der Waals surface area contributed by atoms with Crippen molar-refractivity contribution in [1.82, 2.24) is 10.2 Å². The lowest BCUT2D eigenvalue weighted by molar-refractivity contribution is -0.153. The summed E-state index contributed by atoms with van der Waals surface area (Å²) >= 11 is 0. The average molecular weight is 282 g/mol. The van der Waals surface area contributed by atoms with Crippen LogP contribution in [-0.2, 0) is 9.59 Å². The summed E-state index contributed by atoms with van der Waals surface area (Å²) in [5.74, 6) is 0.549. The minimum Gasteiger partial charge on any atom is -0.343 e. The summed E-state index contributed by atoms with van der Waals surface area (Å²) in [5, 5.41) is 2.93. The van der Waals surface area contributed by atoms with Crippen LogP contribution in [0.3, 0.4) is 0 Å². The van der Waals surface area contributed by atoms with Crippen LogP contribution < -0.4 is 5.32 Å². The molecule has 1 rings (SSSR count). The summed E-state index contributed by atoms with van der Waals surface area (Å²) in [5.41, 5.74) is 0. The molecule has 1 aliphatic rings. The van der Waals surface area contributed by atoms with E-state index in [1.807, 2.05) is 11.8 Å². The van der Waals surface area contributed by atoms with Gasteiger partial charge in [-0.2, -0.15) is 0 Å². The molecular weight excluding hydrogens is 252 g/mol. The molecular formula is C16H30N2O2. The second kappa shape index (κ2) is 7.65. The topological polar surface area (TPSA) is 49.4 Å². The molecule has 4 heteroatoms. The van der Waals surface area contributed by atoms with E-state index in [0.717, 1.165) is 32.1 Å². The highest BCUT2D eigenvalue weighted by molar-refractivity contribution is 5.97. The van der Waals surface area contributed by atoms with Crippen LogP contribution in [-0.4, -0.2) is 34.8 Å². The summed E-state index contributed by atoms with van der Waals surface area (Å²) < 4.78 is 0. The Labute approximate surface area is 123 Å².